The third-order valence-corrected chi connectivity index (χ3v) is 1.41. The molecule has 1 unspecified atom stereocenters. The maximum Gasteiger partial charge on any atom is 0.237 e. The normalized spacial score (nSPS) is 12.2. The zero-order chi connectivity index (χ0) is 10.3. The van der Waals surface area contributed by atoms with Gasteiger partial charge in [-0.05, 0) is 6.42 Å². The van der Waals surface area contributed by atoms with Crippen molar-refractivity contribution >= 4 is 11.8 Å². The Morgan fingerprint density at radius 2 is 2.15 bits per heavy atom. The molecule has 5 N–H and O–H groups in total. The maximum atomic E-state index is 11.1. The zero-order valence-corrected chi connectivity index (χ0v) is 7.58. The summed E-state index contributed by atoms with van der Waals surface area (Å²) in [4.78, 5) is 21.3. The summed E-state index contributed by atoms with van der Waals surface area (Å²) in [5, 5.41) is 2.30. The van der Waals surface area contributed by atoms with Gasteiger partial charge in [0, 0.05) is 13.7 Å². The van der Waals surface area contributed by atoms with Crippen molar-refractivity contribution in [3.05, 3.63) is 0 Å². The van der Waals surface area contributed by atoms with Crippen molar-refractivity contribution in [2.24, 2.45) is 11.5 Å². The Kier molecular flexibility index (Phi) is 5.82. The molecular formula is C7H15N3O3. The van der Waals surface area contributed by atoms with Crippen LogP contribution in [0.1, 0.15) is 6.42 Å². The van der Waals surface area contributed by atoms with Crippen LogP contribution in [0.15, 0.2) is 0 Å². The molecule has 0 aliphatic carbocycles. The lowest BCUT2D eigenvalue weighted by Crippen LogP contribution is -2.44. The van der Waals surface area contributed by atoms with Crippen molar-refractivity contribution in [2.45, 2.75) is 12.5 Å². The summed E-state index contributed by atoms with van der Waals surface area (Å²) in [5.74, 6) is -0.983. The highest BCUT2D eigenvalue weighted by atomic mass is 16.5. The van der Waals surface area contributed by atoms with Gasteiger partial charge in [-0.2, -0.15) is 0 Å². The van der Waals surface area contributed by atoms with E-state index < -0.39 is 17.9 Å². The second kappa shape index (κ2) is 6.38. The van der Waals surface area contributed by atoms with E-state index in [1.165, 1.54) is 7.11 Å². The third-order valence-electron chi connectivity index (χ3n) is 1.41. The minimum atomic E-state index is -0.653. The first-order valence-corrected chi connectivity index (χ1v) is 3.88. The fraction of sp³-hybridized carbons (Fsp3) is 0.714. The monoisotopic (exact) mass is 189 g/mol. The number of primary amides is 1. The molecule has 0 fully saturated rings. The fourth-order valence-electron chi connectivity index (χ4n) is 0.681. The number of carbonyl (C=O) groups excluding carboxylic acids is 2. The highest BCUT2D eigenvalue weighted by Crippen LogP contribution is 1.87. The van der Waals surface area contributed by atoms with Crippen LogP contribution >= 0.6 is 0 Å². The quantitative estimate of drug-likeness (QED) is 0.447. The topological polar surface area (TPSA) is 107 Å². The molecule has 0 rings (SSSR count). The van der Waals surface area contributed by atoms with Crippen LogP contribution in [0.2, 0.25) is 0 Å². The Labute approximate surface area is 76.6 Å². The van der Waals surface area contributed by atoms with Gasteiger partial charge in [0.25, 0.3) is 0 Å². The number of hydrogen-bond donors (Lipinski definition) is 3. The van der Waals surface area contributed by atoms with E-state index in [1.807, 2.05) is 0 Å². The summed E-state index contributed by atoms with van der Waals surface area (Å²) in [7, 11) is 1.52. The van der Waals surface area contributed by atoms with Crippen LogP contribution in [0, 0.1) is 0 Å². The predicted octanol–water partition coefficient (Wildman–Crippen LogP) is -2.05. The largest absolute Gasteiger partial charge is 0.385 e. The number of carbonyl (C=O) groups is 2. The number of methoxy groups -OCH3 is 1. The van der Waals surface area contributed by atoms with E-state index in [0.717, 1.165) is 0 Å². The van der Waals surface area contributed by atoms with Crippen molar-refractivity contribution in [1.29, 1.82) is 0 Å². The summed E-state index contributed by atoms with van der Waals surface area (Å²) in [6.07, 6.45) is 0.418. The second-order valence-electron chi connectivity index (χ2n) is 2.57. The lowest BCUT2D eigenvalue weighted by Gasteiger charge is -2.09. The van der Waals surface area contributed by atoms with Crippen molar-refractivity contribution in [2.75, 3.05) is 20.3 Å². The molecule has 0 aromatic carbocycles. The van der Waals surface area contributed by atoms with Crippen LogP contribution in [0.5, 0.6) is 0 Å². The van der Waals surface area contributed by atoms with Gasteiger partial charge >= 0.3 is 0 Å². The Morgan fingerprint density at radius 1 is 1.54 bits per heavy atom. The highest BCUT2D eigenvalue weighted by molar-refractivity contribution is 5.86. The van der Waals surface area contributed by atoms with E-state index >= 15 is 0 Å². The molecule has 6 heteroatoms. The van der Waals surface area contributed by atoms with E-state index in [9.17, 15) is 9.59 Å². The lowest BCUT2D eigenvalue weighted by atomic mass is 10.2. The van der Waals surface area contributed by atoms with Crippen LogP contribution < -0.4 is 16.8 Å². The minimum Gasteiger partial charge on any atom is -0.385 e. The number of nitrogens with two attached hydrogens (primary N) is 2. The van der Waals surface area contributed by atoms with E-state index in [-0.39, 0.29) is 6.54 Å². The SMILES string of the molecule is COCCC(N)C(=O)NCC(N)=O. The molecule has 0 radical (unpaired) electrons. The van der Waals surface area contributed by atoms with Gasteiger partial charge < -0.3 is 21.5 Å². The summed E-state index contributed by atoms with van der Waals surface area (Å²) in [5.41, 5.74) is 10.3. The minimum absolute atomic E-state index is 0.181. The smallest absolute Gasteiger partial charge is 0.237 e. The highest BCUT2D eigenvalue weighted by Gasteiger charge is 2.12. The van der Waals surface area contributed by atoms with E-state index in [2.05, 4.69) is 5.32 Å². The molecule has 0 saturated heterocycles. The van der Waals surface area contributed by atoms with Crippen LogP contribution in [0.25, 0.3) is 0 Å². The molecule has 0 bridgehead atoms. The Hall–Kier alpha value is -1.14. The first kappa shape index (κ1) is 11.9. The van der Waals surface area contributed by atoms with Crippen LogP contribution in [0.4, 0.5) is 0 Å². The third kappa shape index (κ3) is 6.06. The molecule has 6 nitrogen and oxygen atoms in total. The molecular weight excluding hydrogens is 174 g/mol. The molecule has 0 spiro atoms. The van der Waals surface area contributed by atoms with E-state index in [0.29, 0.717) is 13.0 Å². The Morgan fingerprint density at radius 3 is 2.62 bits per heavy atom. The maximum absolute atomic E-state index is 11.1. The molecule has 0 saturated carbocycles. The number of nitrogens with one attached hydrogen (secondary N) is 1. The predicted molar refractivity (Wildman–Crippen MR) is 46.7 cm³/mol. The molecule has 0 aromatic heterocycles. The molecule has 76 valence electrons. The van der Waals surface area contributed by atoms with Crippen LogP contribution in [-0.2, 0) is 14.3 Å². The first-order chi connectivity index (χ1) is 6.07. The van der Waals surface area contributed by atoms with Gasteiger partial charge in [-0.1, -0.05) is 0 Å². The van der Waals surface area contributed by atoms with Gasteiger partial charge in [-0.25, -0.2) is 0 Å². The van der Waals surface area contributed by atoms with E-state index in [4.69, 9.17) is 16.2 Å². The molecule has 13 heavy (non-hydrogen) atoms. The zero-order valence-electron chi connectivity index (χ0n) is 7.58. The average Bonchev–Trinajstić information content (AvgIpc) is 2.10. The van der Waals surface area contributed by atoms with Gasteiger partial charge in [0.15, 0.2) is 0 Å². The van der Waals surface area contributed by atoms with Crippen molar-refractivity contribution < 1.29 is 14.3 Å². The first-order valence-electron chi connectivity index (χ1n) is 3.88. The Balaban J connectivity index is 3.63. The lowest BCUT2D eigenvalue weighted by molar-refractivity contribution is -0.125. The van der Waals surface area contributed by atoms with Gasteiger partial charge in [-0.3, -0.25) is 9.59 Å². The standard InChI is InChI=1S/C7H15N3O3/c1-13-3-2-5(8)7(12)10-4-6(9)11/h5H,2-4,8H2,1H3,(H2,9,11)(H,10,12). The molecule has 0 aromatic rings. The van der Waals surface area contributed by atoms with Crippen molar-refractivity contribution in [3.8, 4) is 0 Å². The molecule has 2 amide bonds. The summed E-state index contributed by atoms with van der Waals surface area (Å²) >= 11 is 0. The van der Waals surface area contributed by atoms with Crippen molar-refractivity contribution in [3.63, 3.8) is 0 Å². The van der Waals surface area contributed by atoms with Crippen LogP contribution in [-0.4, -0.2) is 38.1 Å². The Bertz CT molecular complexity index is 184. The van der Waals surface area contributed by atoms with Gasteiger partial charge in [0.05, 0.1) is 12.6 Å². The summed E-state index contributed by atoms with van der Waals surface area (Å²) in [6.45, 7) is 0.227. The van der Waals surface area contributed by atoms with E-state index in [1.54, 1.807) is 0 Å². The average molecular weight is 189 g/mol. The molecule has 1 atom stereocenters. The molecule has 0 aliphatic rings. The van der Waals surface area contributed by atoms with Crippen LogP contribution in [0.3, 0.4) is 0 Å². The number of rotatable bonds is 6. The van der Waals surface area contributed by atoms with Gasteiger partial charge in [-0.15, -0.1) is 0 Å². The number of amides is 2. The van der Waals surface area contributed by atoms with Gasteiger partial charge in [0.2, 0.25) is 11.8 Å². The summed E-state index contributed by atoms with van der Waals surface area (Å²) < 4.78 is 4.74. The molecule has 0 aliphatic heterocycles. The number of hydrogen-bond acceptors (Lipinski definition) is 4. The second-order valence-corrected chi connectivity index (χ2v) is 2.57. The molecule has 0 heterocycles. The van der Waals surface area contributed by atoms with Crippen molar-refractivity contribution in [1.82, 2.24) is 5.32 Å². The number of ether oxygens (including phenoxy) is 1. The van der Waals surface area contributed by atoms with Gasteiger partial charge in [0.1, 0.15) is 0 Å². The fourth-order valence-corrected chi connectivity index (χ4v) is 0.681. The summed E-state index contributed by atoms with van der Waals surface area (Å²) in [6, 6.07) is -0.653.